The van der Waals surface area contributed by atoms with Gasteiger partial charge in [-0.05, 0) is 33.6 Å². The zero-order chi connectivity index (χ0) is 17.9. The minimum atomic E-state index is -0.531. The monoisotopic (exact) mass is 349 g/mol. The summed E-state index contributed by atoms with van der Waals surface area (Å²) in [5.41, 5.74) is 1.22. The number of imidazole rings is 1. The van der Waals surface area contributed by atoms with E-state index in [9.17, 15) is 4.79 Å². The summed E-state index contributed by atoms with van der Waals surface area (Å²) in [6, 6.07) is 0. The van der Waals surface area contributed by atoms with Crippen LogP contribution in [0.25, 0.3) is 5.65 Å². The topological polar surface area (TPSA) is 80.5 Å². The predicted octanol–water partition coefficient (Wildman–Crippen LogP) is 2.61. The number of carbonyl (C=O) groups excluding carboxylic acids is 1. The average molecular weight is 350 g/mol. The van der Waals surface area contributed by atoms with Gasteiger partial charge in [0, 0.05) is 25.0 Å². The second kappa shape index (κ2) is 6.97. The van der Waals surface area contributed by atoms with Gasteiger partial charge < -0.3 is 15.4 Å². The van der Waals surface area contributed by atoms with Gasteiger partial charge in [0.15, 0.2) is 17.2 Å². The number of carbonyl (C=O) groups is 1. The van der Waals surface area contributed by atoms with Crippen LogP contribution in [-0.2, 0) is 4.74 Å². The fourth-order valence-electron chi connectivity index (χ4n) is 2.04. The van der Waals surface area contributed by atoms with E-state index in [-0.39, 0.29) is 0 Å². The molecule has 0 atom stereocenters. The number of nitrogens with one attached hydrogen (secondary N) is 2. The van der Waals surface area contributed by atoms with Crippen molar-refractivity contribution >= 4 is 29.2 Å². The van der Waals surface area contributed by atoms with Crippen LogP contribution in [0.1, 0.15) is 32.2 Å². The Balaban J connectivity index is 2.05. The summed E-state index contributed by atoms with van der Waals surface area (Å²) in [5, 5.41) is 6.11. The number of hydrogen-bond donors (Lipinski definition) is 2. The largest absolute Gasteiger partial charge is 0.444 e. The van der Waals surface area contributed by atoms with Gasteiger partial charge in [0.25, 0.3) is 0 Å². The van der Waals surface area contributed by atoms with E-state index in [2.05, 4.69) is 26.5 Å². The number of aromatic nitrogens is 3. The quantitative estimate of drug-likeness (QED) is 0.655. The van der Waals surface area contributed by atoms with Gasteiger partial charge in [-0.25, -0.2) is 14.8 Å². The van der Waals surface area contributed by atoms with E-state index in [4.69, 9.17) is 22.8 Å². The zero-order valence-electron chi connectivity index (χ0n) is 14.1. The molecule has 0 aliphatic heterocycles. The van der Waals surface area contributed by atoms with Gasteiger partial charge in [-0.2, -0.15) is 0 Å². The average Bonchev–Trinajstić information content (AvgIpc) is 2.86. The van der Waals surface area contributed by atoms with Crippen LogP contribution >= 0.6 is 11.6 Å². The van der Waals surface area contributed by atoms with E-state index in [0.29, 0.717) is 35.4 Å². The van der Waals surface area contributed by atoms with Gasteiger partial charge in [-0.1, -0.05) is 11.6 Å². The summed E-state index contributed by atoms with van der Waals surface area (Å²) in [6.45, 7) is 8.08. The number of terminal acetylenes is 1. The number of halogens is 1. The van der Waals surface area contributed by atoms with Crippen LogP contribution in [0.4, 0.5) is 10.6 Å². The number of anilines is 1. The van der Waals surface area contributed by atoms with Gasteiger partial charge >= 0.3 is 6.09 Å². The molecule has 7 nitrogen and oxygen atoms in total. The van der Waals surface area contributed by atoms with Gasteiger partial charge in [0.05, 0.1) is 0 Å². The van der Waals surface area contributed by atoms with Crippen LogP contribution < -0.4 is 10.6 Å². The van der Waals surface area contributed by atoms with Crippen molar-refractivity contribution in [1.29, 1.82) is 0 Å². The van der Waals surface area contributed by atoms with Crippen LogP contribution in [0, 0.1) is 19.3 Å². The fourth-order valence-corrected chi connectivity index (χ4v) is 2.35. The molecule has 2 aromatic rings. The highest BCUT2D eigenvalue weighted by Gasteiger charge is 2.16. The van der Waals surface area contributed by atoms with Crippen molar-refractivity contribution < 1.29 is 9.53 Å². The fraction of sp³-hybridized carbons (Fsp3) is 0.438. The molecule has 8 heteroatoms. The number of amides is 1. The van der Waals surface area contributed by atoms with Gasteiger partial charge in [-0.15, -0.1) is 6.42 Å². The number of alkyl carbamates (subject to hydrolysis) is 1. The highest BCUT2D eigenvalue weighted by molar-refractivity contribution is 6.30. The second-order valence-corrected chi connectivity index (χ2v) is 6.52. The minimum absolute atomic E-state index is 0.327. The maximum absolute atomic E-state index is 11.6. The number of hydrogen-bond acceptors (Lipinski definition) is 5. The Morgan fingerprint density at radius 2 is 2.17 bits per heavy atom. The Hall–Kier alpha value is -2.46. The lowest BCUT2D eigenvalue weighted by Gasteiger charge is -2.19. The number of fused-ring (bicyclic) bond motifs is 1. The molecular weight excluding hydrogens is 330 g/mol. The molecule has 0 radical (unpaired) electrons. The van der Waals surface area contributed by atoms with Gasteiger partial charge in [0.2, 0.25) is 0 Å². The predicted molar refractivity (Wildman–Crippen MR) is 93.4 cm³/mol. The molecule has 0 saturated carbocycles. The lowest BCUT2D eigenvalue weighted by Crippen LogP contribution is -2.35. The lowest BCUT2D eigenvalue weighted by molar-refractivity contribution is 0.0530. The summed E-state index contributed by atoms with van der Waals surface area (Å²) in [5.74, 6) is 2.96. The minimum Gasteiger partial charge on any atom is -0.444 e. The first-order valence-corrected chi connectivity index (χ1v) is 7.81. The standard InChI is InChI=1S/C16H20ClN5O2/c1-6-11-12(17)22-10(2)9-20-14(22)13(21-11)18-7-8-19-15(23)24-16(3,4)5/h1,9H,7-8H2,2-5H3,(H,18,21)(H,19,23). The summed E-state index contributed by atoms with van der Waals surface area (Å²) >= 11 is 6.24. The van der Waals surface area contributed by atoms with E-state index in [1.54, 1.807) is 31.4 Å². The molecule has 1 amide bonds. The van der Waals surface area contributed by atoms with E-state index in [0.717, 1.165) is 5.69 Å². The van der Waals surface area contributed by atoms with Crippen LogP contribution in [0.15, 0.2) is 6.20 Å². The van der Waals surface area contributed by atoms with Crippen LogP contribution in [0.5, 0.6) is 0 Å². The molecule has 2 rings (SSSR count). The maximum atomic E-state index is 11.6. The highest BCUT2D eigenvalue weighted by atomic mass is 35.5. The molecule has 2 aromatic heterocycles. The lowest BCUT2D eigenvalue weighted by atomic mass is 10.2. The third-order valence-electron chi connectivity index (χ3n) is 2.99. The Labute approximate surface area is 145 Å². The Morgan fingerprint density at radius 3 is 2.79 bits per heavy atom. The summed E-state index contributed by atoms with van der Waals surface area (Å²) in [7, 11) is 0. The molecular formula is C16H20ClN5O2. The maximum Gasteiger partial charge on any atom is 0.407 e. The van der Waals surface area contributed by atoms with Crippen molar-refractivity contribution in [2.45, 2.75) is 33.3 Å². The van der Waals surface area contributed by atoms with E-state index < -0.39 is 11.7 Å². The van der Waals surface area contributed by atoms with Crippen molar-refractivity contribution in [3.63, 3.8) is 0 Å². The number of rotatable bonds is 4. The second-order valence-electron chi connectivity index (χ2n) is 6.16. The van der Waals surface area contributed by atoms with Crippen LogP contribution in [0.2, 0.25) is 5.15 Å². The van der Waals surface area contributed by atoms with Gasteiger partial charge in [0.1, 0.15) is 10.8 Å². The number of ether oxygens (including phenoxy) is 1. The molecule has 0 unspecified atom stereocenters. The zero-order valence-corrected chi connectivity index (χ0v) is 14.9. The Bertz CT molecular complexity index is 801. The first-order chi connectivity index (χ1) is 11.2. The van der Waals surface area contributed by atoms with Gasteiger partial charge in [-0.3, -0.25) is 4.40 Å². The SMILES string of the molecule is C#Cc1nc(NCCNC(=O)OC(C)(C)C)c2ncc(C)n2c1Cl. The molecule has 0 fully saturated rings. The summed E-state index contributed by atoms with van der Waals surface area (Å²) in [6.07, 6.45) is 6.67. The van der Waals surface area contributed by atoms with Crippen molar-refractivity contribution in [3.8, 4) is 12.3 Å². The Kier molecular flexibility index (Phi) is 5.20. The van der Waals surface area contributed by atoms with E-state index in [1.165, 1.54) is 0 Å². The third-order valence-corrected chi connectivity index (χ3v) is 3.34. The Morgan fingerprint density at radius 1 is 1.46 bits per heavy atom. The smallest absolute Gasteiger partial charge is 0.407 e. The van der Waals surface area contributed by atoms with E-state index in [1.807, 2.05) is 6.92 Å². The first kappa shape index (κ1) is 17.9. The molecule has 0 aromatic carbocycles. The number of aryl methyl sites for hydroxylation is 1. The third kappa shape index (κ3) is 4.09. The van der Waals surface area contributed by atoms with Crippen molar-refractivity contribution in [2.24, 2.45) is 0 Å². The van der Waals surface area contributed by atoms with Crippen molar-refractivity contribution in [1.82, 2.24) is 19.7 Å². The van der Waals surface area contributed by atoms with E-state index >= 15 is 0 Å². The van der Waals surface area contributed by atoms with Crippen LogP contribution in [0.3, 0.4) is 0 Å². The summed E-state index contributed by atoms with van der Waals surface area (Å²) in [4.78, 5) is 20.2. The van der Waals surface area contributed by atoms with Crippen molar-refractivity contribution in [3.05, 3.63) is 22.7 Å². The highest BCUT2D eigenvalue weighted by Crippen LogP contribution is 2.23. The molecule has 128 valence electrons. The molecule has 24 heavy (non-hydrogen) atoms. The molecule has 2 heterocycles. The molecule has 0 aliphatic carbocycles. The molecule has 0 spiro atoms. The first-order valence-electron chi connectivity index (χ1n) is 7.44. The normalized spacial score (nSPS) is 11.2. The molecule has 0 bridgehead atoms. The summed E-state index contributed by atoms with van der Waals surface area (Å²) < 4.78 is 6.89. The van der Waals surface area contributed by atoms with Crippen LogP contribution in [-0.4, -0.2) is 39.2 Å². The molecule has 2 N–H and O–H groups in total. The molecule has 0 saturated heterocycles. The van der Waals surface area contributed by atoms with Crippen molar-refractivity contribution in [2.75, 3.05) is 18.4 Å². The molecule has 0 aliphatic rings. The number of nitrogens with zero attached hydrogens (tertiary/aromatic N) is 3.